The van der Waals surface area contributed by atoms with Crippen LogP contribution >= 0.6 is 0 Å². The number of aryl methyl sites for hydroxylation is 1. The molecule has 1 aromatic carbocycles. The third-order valence-corrected chi connectivity index (χ3v) is 5.40. The van der Waals surface area contributed by atoms with Crippen molar-refractivity contribution in [1.29, 1.82) is 0 Å². The van der Waals surface area contributed by atoms with E-state index in [1.165, 1.54) is 0 Å². The zero-order valence-electron chi connectivity index (χ0n) is 19.7. The van der Waals surface area contributed by atoms with Crippen LogP contribution < -0.4 is 19.5 Å². The quantitative estimate of drug-likeness (QED) is 0.543. The topological polar surface area (TPSA) is 86.1 Å². The number of aromatic nitrogens is 1. The molecular formula is C23H35N3O5. The zero-order chi connectivity index (χ0) is 23.0. The molecule has 1 unspecified atom stereocenters. The molecular weight excluding hydrogens is 398 g/mol. The molecule has 2 aromatic rings. The lowest BCUT2D eigenvalue weighted by atomic mass is 10.0. The number of carbonyl (C=O) groups excluding carboxylic acids is 1. The van der Waals surface area contributed by atoms with Crippen molar-refractivity contribution in [2.24, 2.45) is 0 Å². The van der Waals surface area contributed by atoms with Gasteiger partial charge in [0.15, 0.2) is 17.3 Å². The molecule has 0 radical (unpaired) electrons. The first-order chi connectivity index (χ1) is 14.9. The van der Waals surface area contributed by atoms with Crippen LogP contribution in [0.4, 0.5) is 0 Å². The van der Waals surface area contributed by atoms with Gasteiger partial charge in [0.25, 0.3) is 5.91 Å². The molecule has 0 aliphatic rings. The molecule has 0 bridgehead atoms. The first kappa shape index (κ1) is 24.5. The van der Waals surface area contributed by atoms with Gasteiger partial charge in [-0.2, -0.15) is 0 Å². The fourth-order valence-electron chi connectivity index (χ4n) is 3.58. The summed E-state index contributed by atoms with van der Waals surface area (Å²) in [6.07, 6.45) is 1.91. The Morgan fingerprint density at radius 2 is 1.74 bits per heavy atom. The molecule has 1 N–H and O–H groups in total. The van der Waals surface area contributed by atoms with E-state index in [2.05, 4.69) is 29.2 Å². The van der Waals surface area contributed by atoms with Crippen molar-refractivity contribution in [3.63, 3.8) is 0 Å². The van der Waals surface area contributed by atoms with Crippen LogP contribution in [0.15, 0.2) is 16.7 Å². The predicted octanol–water partition coefficient (Wildman–Crippen LogP) is 3.92. The van der Waals surface area contributed by atoms with E-state index in [-0.39, 0.29) is 11.9 Å². The highest BCUT2D eigenvalue weighted by molar-refractivity contribution is 6.01. The number of methoxy groups -OCH3 is 3. The zero-order valence-corrected chi connectivity index (χ0v) is 19.7. The van der Waals surface area contributed by atoms with Crippen LogP contribution in [0.1, 0.15) is 49.7 Å². The second kappa shape index (κ2) is 11.6. The lowest BCUT2D eigenvalue weighted by Gasteiger charge is -2.19. The predicted molar refractivity (Wildman–Crippen MR) is 120 cm³/mol. The fraction of sp³-hybridized carbons (Fsp3) is 0.565. The highest BCUT2D eigenvalue weighted by Crippen LogP contribution is 2.42. The maximum Gasteiger partial charge on any atom is 0.257 e. The van der Waals surface area contributed by atoms with Crippen molar-refractivity contribution in [1.82, 2.24) is 15.4 Å². The van der Waals surface area contributed by atoms with Crippen molar-refractivity contribution in [2.75, 3.05) is 41.0 Å². The van der Waals surface area contributed by atoms with Crippen LogP contribution in [-0.4, -0.2) is 63.0 Å². The first-order valence-electron chi connectivity index (χ1n) is 10.7. The van der Waals surface area contributed by atoms with Crippen LogP contribution in [0.25, 0.3) is 11.3 Å². The molecule has 2 rings (SSSR count). The van der Waals surface area contributed by atoms with E-state index in [4.69, 9.17) is 18.7 Å². The highest BCUT2D eigenvalue weighted by Gasteiger charge is 2.25. The highest BCUT2D eigenvalue weighted by atomic mass is 16.5. The van der Waals surface area contributed by atoms with Crippen LogP contribution in [0, 0.1) is 6.92 Å². The third-order valence-electron chi connectivity index (χ3n) is 5.40. The molecule has 0 spiro atoms. The molecule has 8 heteroatoms. The molecule has 0 saturated carbocycles. The van der Waals surface area contributed by atoms with Crippen molar-refractivity contribution in [3.8, 4) is 28.6 Å². The summed E-state index contributed by atoms with van der Waals surface area (Å²) in [4.78, 5) is 15.4. The Bertz CT molecular complexity index is 836. The van der Waals surface area contributed by atoms with Gasteiger partial charge in [-0.1, -0.05) is 19.0 Å². The maximum absolute atomic E-state index is 13.1. The summed E-state index contributed by atoms with van der Waals surface area (Å²) in [6.45, 7) is 11.2. The number of benzene rings is 1. The minimum Gasteiger partial charge on any atom is -0.493 e. The standard InChI is InChI=1S/C23H35N3O5/c1-8-26(9-2)12-10-11-15(3)24-23(27)20-16(4)25-31-21(20)17-13-18(28-5)22(30-7)19(14-17)29-6/h13-15H,8-12H2,1-7H3,(H,24,27). The van der Waals surface area contributed by atoms with Crippen molar-refractivity contribution >= 4 is 5.91 Å². The monoisotopic (exact) mass is 433 g/mol. The number of ether oxygens (including phenoxy) is 3. The van der Waals surface area contributed by atoms with Gasteiger partial charge < -0.3 is 29.0 Å². The Morgan fingerprint density at radius 1 is 1.13 bits per heavy atom. The first-order valence-corrected chi connectivity index (χ1v) is 10.7. The normalized spacial score (nSPS) is 12.0. The Balaban J connectivity index is 2.22. The minimum atomic E-state index is -0.210. The van der Waals surface area contributed by atoms with E-state index in [1.54, 1.807) is 40.4 Å². The Kier molecular flexibility index (Phi) is 9.18. The summed E-state index contributed by atoms with van der Waals surface area (Å²) in [7, 11) is 4.62. The number of carbonyl (C=O) groups is 1. The number of hydrogen-bond acceptors (Lipinski definition) is 7. The molecule has 0 aliphatic heterocycles. The van der Waals surface area contributed by atoms with E-state index >= 15 is 0 Å². The van der Waals surface area contributed by atoms with Gasteiger partial charge in [-0.05, 0) is 58.5 Å². The summed E-state index contributed by atoms with van der Waals surface area (Å²) in [6, 6.07) is 3.52. The number of amides is 1. The third kappa shape index (κ3) is 5.91. The Labute approximate surface area is 184 Å². The van der Waals surface area contributed by atoms with E-state index in [0.717, 1.165) is 32.5 Å². The van der Waals surface area contributed by atoms with Gasteiger partial charge in [0, 0.05) is 11.6 Å². The maximum atomic E-state index is 13.1. The molecule has 0 aliphatic carbocycles. The minimum absolute atomic E-state index is 0.0325. The smallest absolute Gasteiger partial charge is 0.257 e. The van der Waals surface area contributed by atoms with Crippen LogP contribution in [0.5, 0.6) is 17.2 Å². The molecule has 1 aromatic heterocycles. The molecule has 0 saturated heterocycles. The second-order valence-electron chi connectivity index (χ2n) is 7.43. The molecule has 8 nitrogen and oxygen atoms in total. The van der Waals surface area contributed by atoms with Gasteiger partial charge in [0.05, 0.1) is 27.0 Å². The molecule has 1 atom stereocenters. The summed E-state index contributed by atoms with van der Waals surface area (Å²) < 4.78 is 21.8. The lowest BCUT2D eigenvalue weighted by Crippen LogP contribution is -2.34. The van der Waals surface area contributed by atoms with Crippen LogP contribution in [0.3, 0.4) is 0 Å². The second-order valence-corrected chi connectivity index (χ2v) is 7.43. The number of nitrogens with zero attached hydrogens (tertiary/aromatic N) is 2. The fourth-order valence-corrected chi connectivity index (χ4v) is 3.58. The van der Waals surface area contributed by atoms with Crippen molar-refractivity contribution in [2.45, 2.75) is 46.6 Å². The van der Waals surface area contributed by atoms with Crippen molar-refractivity contribution in [3.05, 3.63) is 23.4 Å². The summed E-state index contributed by atoms with van der Waals surface area (Å²) in [5, 5.41) is 7.11. The van der Waals surface area contributed by atoms with Gasteiger partial charge in [0.1, 0.15) is 5.56 Å². The SMILES string of the molecule is CCN(CC)CCCC(C)NC(=O)c1c(C)noc1-c1cc(OC)c(OC)c(OC)c1. The van der Waals surface area contributed by atoms with Gasteiger partial charge in [-0.25, -0.2) is 0 Å². The largest absolute Gasteiger partial charge is 0.493 e. The molecule has 31 heavy (non-hydrogen) atoms. The lowest BCUT2D eigenvalue weighted by molar-refractivity contribution is 0.0937. The molecule has 0 fully saturated rings. The summed E-state index contributed by atoms with van der Waals surface area (Å²) in [5.41, 5.74) is 1.55. The number of rotatable bonds is 12. The van der Waals surface area contributed by atoms with Gasteiger partial charge >= 0.3 is 0 Å². The molecule has 1 amide bonds. The molecule has 1 heterocycles. The number of hydrogen-bond donors (Lipinski definition) is 1. The van der Waals surface area contributed by atoms with Crippen LogP contribution in [-0.2, 0) is 0 Å². The Hall–Kier alpha value is -2.74. The number of nitrogens with one attached hydrogen (secondary N) is 1. The Morgan fingerprint density at radius 3 is 2.26 bits per heavy atom. The van der Waals surface area contributed by atoms with Gasteiger partial charge in [-0.3, -0.25) is 4.79 Å². The van der Waals surface area contributed by atoms with Crippen molar-refractivity contribution < 1.29 is 23.5 Å². The summed E-state index contributed by atoms with van der Waals surface area (Å²) >= 11 is 0. The van der Waals surface area contributed by atoms with E-state index in [0.29, 0.717) is 39.8 Å². The molecule has 172 valence electrons. The van der Waals surface area contributed by atoms with Crippen LogP contribution in [0.2, 0.25) is 0 Å². The average Bonchev–Trinajstić information content (AvgIpc) is 3.17. The van der Waals surface area contributed by atoms with Gasteiger partial charge in [-0.15, -0.1) is 0 Å². The van der Waals surface area contributed by atoms with E-state index < -0.39 is 0 Å². The average molecular weight is 434 g/mol. The van der Waals surface area contributed by atoms with Gasteiger partial charge in [0.2, 0.25) is 5.75 Å². The summed E-state index contributed by atoms with van der Waals surface area (Å²) in [5.74, 6) is 1.57. The van der Waals surface area contributed by atoms with E-state index in [9.17, 15) is 4.79 Å². The van der Waals surface area contributed by atoms with E-state index in [1.807, 2.05) is 6.92 Å².